The lowest BCUT2D eigenvalue weighted by Crippen LogP contribution is -2.49. The van der Waals surface area contributed by atoms with E-state index in [9.17, 15) is 22.8 Å². The number of nitrogens with one attached hydrogen (secondary N) is 1. The SMILES string of the molecule is O=CCCN1CCN(CCNC(=O)C(F)(F)F)CC1. The van der Waals surface area contributed by atoms with Gasteiger partial charge in [0.1, 0.15) is 6.29 Å². The predicted molar refractivity (Wildman–Crippen MR) is 62.6 cm³/mol. The van der Waals surface area contributed by atoms with Crippen molar-refractivity contribution in [1.29, 1.82) is 0 Å². The van der Waals surface area contributed by atoms with Crippen LogP contribution in [0.4, 0.5) is 13.2 Å². The minimum Gasteiger partial charge on any atom is -0.347 e. The number of halogens is 3. The Morgan fingerprint density at radius 2 is 1.63 bits per heavy atom. The molecule has 0 aliphatic carbocycles. The van der Waals surface area contributed by atoms with Crippen LogP contribution in [-0.4, -0.2) is 74.0 Å². The molecular formula is C11H18F3N3O2. The quantitative estimate of drug-likeness (QED) is 0.689. The van der Waals surface area contributed by atoms with Crippen molar-refractivity contribution in [3.63, 3.8) is 0 Å². The summed E-state index contributed by atoms with van der Waals surface area (Å²) < 4.78 is 35.8. The van der Waals surface area contributed by atoms with E-state index in [1.54, 1.807) is 0 Å². The molecule has 1 fully saturated rings. The first-order chi connectivity index (χ1) is 8.93. The second-order valence-electron chi connectivity index (χ2n) is 4.39. The number of piperazine rings is 1. The minimum absolute atomic E-state index is 0.00726. The van der Waals surface area contributed by atoms with Crippen LogP contribution in [0.5, 0.6) is 0 Å². The number of amides is 1. The summed E-state index contributed by atoms with van der Waals surface area (Å²) in [6, 6.07) is 0. The Bertz CT molecular complexity index is 302. The van der Waals surface area contributed by atoms with E-state index in [0.717, 1.165) is 39.0 Å². The van der Waals surface area contributed by atoms with Crippen molar-refractivity contribution in [2.24, 2.45) is 0 Å². The van der Waals surface area contributed by atoms with E-state index in [-0.39, 0.29) is 6.54 Å². The summed E-state index contributed by atoms with van der Waals surface area (Å²) >= 11 is 0. The third-order valence-electron chi connectivity index (χ3n) is 3.00. The molecule has 0 unspecified atom stereocenters. The zero-order valence-corrected chi connectivity index (χ0v) is 10.6. The Morgan fingerprint density at radius 3 is 2.11 bits per heavy atom. The molecule has 8 heteroatoms. The van der Waals surface area contributed by atoms with E-state index in [2.05, 4.69) is 4.90 Å². The molecule has 0 aromatic heterocycles. The van der Waals surface area contributed by atoms with E-state index < -0.39 is 12.1 Å². The normalized spacial score (nSPS) is 18.3. The van der Waals surface area contributed by atoms with Crippen LogP contribution in [-0.2, 0) is 9.59 Å². The minimum atomic E-state index is -4.81. The van der Waals surface area contributed by atoms with Crippen molar-refractivity contribution in [3.8, 4) is 0 Å². The highest BCUT2D eigenvalue weighted by Gasteiger charge is 2.38. The van der Waals surface area contributed by atoms with Gasteiger partial charge in [-0.15, -0.1) is 0 Å². The van der Waals surface area contributed by atoms with Gasteiger partial charge in [0.25, 0.3) is 0 Å². The van der Waals surface area contributed by atoms with Gasteiger partial charge in [-0.3, -0.25) is 9.69 Å². The van der Waals surface area contributed by atoms with Crippen molar-refractivity contribution in [2.45, 2.75) is 12.6 Å². The molecule has 1 heterocycles. The zero-order chi connectivity index (χ0) is 14.3. The summed E-state index contributed by atoms with van der Waals surface area (Å²) in [5.74, 6) is -1.89. The van der Waals surface area contributed by atoms with Crippen molar-refractivity contribution in [3.05, 3.63) is 0 Å². The molecule has 1 aliphatic rings. The maximum Gasteiger partial charge on any atom is 0.471 e. The summed E-state index contributed by atoms with van der Waals surface area (Å²) in [4.78, 5) is 24.9. The van der Waals surface area contributed by atoms with Gasteiger partial charge in [-0.2, -0.15) is 13.2 Å². The molecule has 5 nitrogen and oxygen atoms in total. The monoisotopic (exact) mass is 281 g/mol. The Morgan fingerprint density at radius 1 is 1.11 bits per heavy atom. The topological polar surface area (TPSA) is 52.7 Å². The largest absolute Gasteiger partial charge is 0.471 e. The Hall–Kier alpha value is -1.15. The molecule has 0 radical (unpaired) electrons. The maximum absolute atomic E-state index is 11.9. The molecule has 1 amide bonds. The first-order valence-electron chi connectivity index (χ1n) is 6.17. The molecule has 1 saturated heterocycles. The summed E-state index contributed by atoms with van der Waals surface area (Å²) in [6.45, 7) is 4.18. The fourth-order valence-electron chi connectivity index (χ4n) is 1.90. The molecule has 1 N–H and O–H groups in total. The van der Waals surface area contributed by atoms with Crippen LogP contribution >= 0.6 is 0 Å². The summed E-state index contributed by atoms with van der Waals surface area (Å²) in [7, 11) is 0. The second-order valence-corrected chi connectivity index (χ2v) is 4.39. The first kappa shape index (κ1) is 15.9. The maximum atomic E-state index is 11.9. The van der Waals surface area contributed by atoms with Crippen LogP contribution in [0.3, 0.4) is 0 Å². The van der Waals surface area contributed by atoms with Crippen LogP contribution in [0.15, 0.2) is 0 Å². The number of hydrogen-bond donors (Lipinski definition) is 1. The first-order valence-corrected chi connectivity index (χ1v) is 6.17. The van der Waals surface area contributed by atoms with Crippen molar-refractivity contribution in [1.82, 2.24) is 15.1 Å². The average Bonchev–Trinajstić information content (AvgIpc) is 2.36. The summed E-state index contributed by atoms with van der Waals surface area (Å²) in [6.07, 6.45) is -3.44. The van der Waals surface area contributed by atoms with Crippen LogP contribution in [0, 0.1) is 0 Å². The number of carbonyl (C=O) groups is 2. The zero-order valence-electron chi connectivity index (χ0n) is 10.6. The number of carbonyl (C=O) groups excluding carboxylic acids is 2. The average molecular weight is 281 g/mol. The Kier molecular flexibility index (Phi) is 6.23. The van der Waals surface area contributed by atoms with Gasteiger partial charge >= 0.3 is 12.1 Å². The number of rotatable bonds is 6. The van der Waals surface area contributed by atoms with Gasteiger partial charge in [0, 0.05) is 52.2 Å². The van der Waals surface area contributed by atoms with Gasteiger partial charge < -0.3 is 15.0 Å². The fraction of sp³-hybridized carbons (Fsp3) is 0.818. The Labute approximate surface area is 109 Å². The van der Waals surface area contributed by atoms with E-state index in [4.69, 9.17) is 0 Å². The Balaban J connectivity index is 2.13. The fourth-order valence-corrected chi connectivity index (χ4v) is 1.90. The third kappa shape index (κ3) is 6.02. The molecule has 0 saturated carbocycles. The van der Waals surface area contributed by atoms with E-state index >= 15 is 0 Å². The van der Waals surface area contributed by atoms with Gasteiger partial charge in [-0.25, -0.2) is 0 Å². The molecule has 0 aromatic rings. The smallest absolute Gasteiger partial charge is 0.347 e. The van der Waals surface area contributed by atoms with E-state index in [0.29, 0.717) is 13.0 Å². The van der Waals surface area contributed by atoms with Gasteiger partial charge in [0.15, 0.2) is 0 Å². The molecule has 0 atom stereocenters. The van der Waals surface area contributed by atoms with Crippen LogP contribution < -0.4 is 5.32 Å². The van der Waals surface area contributed by atoms with Gasteiger partial charge in [-0.1, -0.05) is 0 Å². The summed E-state index contributed by atoms with van der Waals surface area (Å²) in [5.41, 5.74) is 0. The lowest BCUT2D eigenvalue weighted by molar-refractivity contribution is -0.173. The van der Waals surface area contributed by atoms with Crippen LogP contribution in [0.2, 0.25) is 0 Å². The number of aldehydes is 1. The van der Waals surface area contributed by atoms with Gasteiger partial charge in [0.2, 0.25) is 0 Å². The highest BCUT2D eigenvalue weighted by molar-refractivity contribution is 5.81. The second kappa shape index (κ2) is 7.44. The molecule has 0 bridgehead atoms. The number of alkyl halides is 3. The molecular weight excluding hydrogens is 263 g/mol. The standard InChI is InChI=1S/C11H18F3N3O2/c12-11(13,14)10(19)15-2-4-17-7-5-16(6-8-17)3-1-9-18/h9H,1-8H2,(H,15,19). The van der Waals surface area contributed by atoms with Crippen molar-refractivity contribution < 1.29 is 22.8 Å². The van der Waals surface area contributed by atoms with Crippen LogP contribution in [0.1, 0.15) is 6.42 Å². The molecule has 1 rings (SSSR count). The summed E-state index contributed by atoms with van der Waals surface area (Å²) in [5, 5.41) is 1.85. The van der Waals surface area contributed by atoms with E-state index in [1.807, 2.05) is 10.2 Å². The van der Waals surface area contributed by atoms with Gasteiger partial charge in [0.05, 0.1) is 0 Å². The highest BCUT2D eigenvalue weighted by Crippen LogP contribution is 2.13. The predicted octanol–water partition coefficient (Wildman–Crippen LogP) is -0.128. The lowest BCUT2D eigenvalue weighted by atomic mass is 10.3. The van der Waals surface area contributed by atoms with Crippen LogP contribution in [0.25, 0.3) is 0 Å². The highest BCUT2D eigenvalue weighted by atomic mass is 19.4. The number of nitrogens with zero attached hydrogens (tertiary/aromatic N) is 2. The molecule has 0 spiro atoms. The van der Waals surface area contributed by atoms with Gasteiger partial charge in [-0.05, 0) is 0 Å². The van der Waals surface area contributed by atoms with Crippen molar-refractivity contribution >= 4 is 12.2 Å². The van der Waals surface area contributed by atoms with Crippen molar-refractivity contribution in [2.75, 3.05) is 45.8 Å². The number of hydrogen-bond acceptors (Lipinski definition) is 4. The molecule has 19 heavy (non-hydrogen) atoms. The molecule has 0 aromatic carbocycles. The third-order valence-corrected chi connectivity index (χ3v) is 3.00. The molecule has 110 valence electrons. The lowest BCUT2D eigenvalue weighted by Gasteiger charge is -2.34. The van der Waals surface area contributed by atoms with E-state index in [1.165, 1.54) is 0 Å². The molecule has 1 aliphatic heterocycles.